The van der Waals surface area contributed by atoms with Gasteiger partial charge in [-0.2, -0.15) is 0 Å². The van der Waals surface area contributed by atoms with Gasteiger partial charge in [0.05, 0.1) is 5.25 Å². The molecule has 1 aliphatic heterocycles. The summed E-state index contributed by atoms with van der Waals surface area (Å²) in [5.74, 6) is -0.0568. The topological polar surface area (TPSA) is 49.4 Å². The number of benzene rings is 1. The van der Waals surface area contributed by atoms with Crippen molar-refractivity contribution in [1.82, 2.24) is 4.90 Å². The van der Waals surface area contributed by atoms with Crippen LogP contribution in [-0.4, -0.2) is 32.8 Å². The molecule has 0 aromatic heterocycles. The van der Waals surface area contributed by atoms with Crippen LogP contribution < -0.4 is 5.32 Å². The van der Waals surface area contributed by atoms with E-state index >= 15 is 0 Å². The number of nitrogens with one attached hydrogen (secondary N) is 1. The lowest BCUT2D eigenvalue weighted by molar-refractivity contribution is -0.126. The van der Waals surface area contributed by atoms with Crippen LogP contribution in [0.1, 0.15) is 19.8 Å². The summed E-state index contributed by atoms with van der Waals surface area (Å²) in [6.07, 6.45) is 0.923. The molecule has 1 saturated heterocycles. The van der Waals surface area contributed by atoms with Gasteiger partial charge in [-0.05, 0) is 37.6 Å². The second-order valence-electron chi connectivity index (χ2n) is 4.67. The number of hydrogen-bond acceptors (Lipinski definition) is 4. The second-order valence-corrected chi connectivity index (χ2v) is 7.09. The Morgan fingerprint density at radius 1 is 1.43 bits per heavy atom. The fourth-order valence-corrected chi connectivity index (χ4v) is 3.51. The van der Waals surface area contributed by atoms with Crippen LogP contribution in [0.15, 0.2) is 24.3 Å². The monoisotopic (exact) mass is 342 g/mol. The fourth-order valence-electron chi connectivity index (χ4n) is 1.93. The molecule has 1 aromatic rings. The third-order valence-corrected chi connectivity index (χ3v) is 4.76. The molecule has 7 heteroatoms. The highest BCUT2D eigenvalue weighted by Crippen LogP contribution is 2.26. The molecule has 0 bridgehead atoms. The molecule has 0 radical (unpaired) electrons. The van der Waals surface area contributed by atoms with Crippen molar-refractivity contribution in [3.05, 3.63) is 29.3 Å². The van der Waals surface area contributed by atoms with Crippen molar-refractivity contribution >= 4 is 57.4 Å². The Morgan fingerprint density at radius 3 is 2.67 bits per heavy atom. The van der Waals surface area contributed by atoms with E-state index in [0.717, 1.165) is 0 Å². The molecule has 0 aliphatic carbocycles. The van der Waals surface area contributed by atoms with E-state index in [1.54, 1.807) is 29.2 Å². The number of halogens is 1. The number of carbonyl (C=O) groups is 2. The van der Waals surface area contributed by atoms with Gasteiger partial charge in [0.2, 0.25) is 11.8 Å². The van der Waals surface area contributed by atoms with Crippen molar-refractivity contribution in [2.45, 2.75) is 25.0 Å². The molecule has 112 valence electrons. The SMILES string of the molecule is CC1SC(=S)N(CCCC(=O)Nc2ccc(Cl)cc2)C1=O. The molecule has 0 saturated carbocycles. The minimum absolute atomic E-state index is 0.0307. The summed E-state index contributed by atoms with van der Waals surface area (Å²) in [6.45, 7) is 2.33. The predicted molar refractivity (Wildman–Crippen MR) is 90.7 cm³/mol. The Hall–Kier alpha value is -1.11. The molecule has 21 heavy (non-hydrogen) atoms. The van der Waals surface area contributed by atoms with Crippen LogP contribution in [0.3, 0.4) is 0 Å². The van der Waals surface area contributed by atoms with Crippen LogP contribution in [-0.2, 0) is 9.59 Å². The smallest absolute Gasteiger partial charge is 0.241 e. The lowest BCUT2D eigenvalue weighted by Gasteiger charge is -2.14. The van der Waals surface area contributed by atoms with Gasteiger partial charge < -0.3 is 5.32 Å². The minimum atomic E-state index is -0.111. The first-order valence-corrected chi connectivity index (χ1v) is 8.21. The van der Waals surface area contributed by atoms with Gasteiger partial charge in [-0.3, -0.25) is 14.5 Å². The van der Waals surface area contributed by atoms with Crippen molar-refractivity contribution in [2.24, 2.45) is 0 Å². The molecule has 4 nitrogen and oxygen atoms in total. The van der Waals surface area contributed by atoms with Crippen molar-refractivity contribution < 1.29 is 9.59 Å². The van der Waals surface area contributed by atoms with Gasteiger partial charge in [0.1, 0.15) is 4.32 Å². The standard InChI is InChI=1S/C14H15ClN2O2S2/c1-9-13(19)17(14(20)21-9)8-2-3-12(18)16-11-6-4-10(15)5-7-11/h4-7,9H,2-3,8H2,1H3,(H,16,18). The number of hydrogen-bond donors (Lipinski definition) is 1. The number of thioether (sulfide) groups is 1. The molecule has 0 spiro atoms. The van der Waals surface area contributed by atoms with Gasteiger partial charge >= 0.3 is 0 Å². The van der Waals surface area contributed by atoms with Crippen LogP contribution >= 0.6 is 35.6 Å². The average molecular weight is 343 g/mol. The lowest BCUT2D eigenvalue weighted by Crippen LogP contribution is -2.32. The summed E-state index contributed by atoms with van der Waals surface area (Å²) >= 11 is 12.3. The molecular weight excluding hydrogens is 328 g/mol. The zero-order chi connectivity index (χ0) is 15.4. The van der Waals surface area contributed by atoms with Gasteiger partial charge in [-0.25, -0.2) is 0 Å². The highest BCUT2D eigenvalue weighted by atomic mass is 35.5. The van der Waals surface area contributed by atoms with Crippen LogP contribution in [0, 0.1) is 0 Å². The summed E-state index contributed by atoms with van der Waals surface area (Å²) in [7, 11) is 0. The maximum atomic E-state index is 11.8. The molecular formula is C14H15ClN2O2S2. The quantitative estimate of drug-likeness (QED) is 0.834. The number of nitrogens with zero attached hydrogens (tertiary/aromatic N) is 1. The van der Waals surface area contributed by atoms with Crippen molar-refractivity contribution in [3.8, 4) is 0 Å². The summed E-state index contributed by atoms with van der Waals surface area (Å²) in [4.78, 5) is 25.2. The Bertz CT molecular complexity index is 563. The van der Waals surface area contributed by atoms with Crippen molar-refractivity contribution in [3.63, 3.8) is 0 Å². The first kappa shape index (κ1) is 16.3. The Morgan fingerprint density at radius 2 is 2.10 bits per heavy atom. The Balaban J connectivity index is 1.76. The Labute approximate surface area is 138 Å². The largest absolute Gasteiger partial charge is 0.326 e. The molecule has 2 amide bonds. The second kappa shape index (κ2) is 7.24. The Kier molecular flexibility index (Phi) is 5.61. The van der Waals surface area contributed by atoms with E-state index in [-0.39, 0.29) is 17.1 Å². The molecule has 2 rings (SSSR count). The number of anilines is 1. The minimum Gasteiger partial charge on any atom is -0.326 e. The number of rotatable bonds is 5. The summed E-state index contributed by atoms with van der Waals surface area (Å²) in [5.41, 5.74) is 0.710. The highest BCUT2D eigenvalue weighted by molar-refractivity contribution is 8.24. The van der Waals surface area contributed by atoms with Crippen LogP contribution in [0.2, 0.25) is 5.02 Å². The van der Waals surface area contributed by atoms with Crippen molar-refractivity contribution in [1.29, 1.82) is 0 Å². The first-order chi connectivity index (χ1) is 9.97. The molecule has 1 heterocycles. The van der Waals surface area contributed by atoms with E-state index in [9.17, 15) is 9.59 Å². The summed E-state index contributed by atoms with van der Waals surface area (Å²) < 4.78 is 0.602. The van der Waals surface area contributed by atoms with E-state index in [2.05, 4.69) is 5.32 Å². The molecule has 1 atom stereocenters. The number of amides is 2. The van der Waals surface area contributed by atoms with E-state index < -0.39 is 0 Å². The number of thiocarbonyl (C=S) groups is 1. The van der Waals surface area contributed by atoms with Gasteiger partial charge in [0.25, 0.3) is 0 Å². The summed E-state index contributed by atoms with van der Waals surface area (Å²) in [5, 5.41) is 3.30. The van der Waals surface area contributed by atoms with E-state index in [4.69, 9.17) is 23.8 Å². The number of carbonyl (C=O) groups excluding carboxylic acids is 2. The third kappa shape index (κ3) is 4.43. The van der Waals surface area contributed by atoms with E-state index in [0.29, 0.717) is 34.4 Å². The predicted octanol–water partition coefficient (Wildman–Crippen LogP) is 3.31. The third-order valence-electron chi connectivity index (χ3n) is 3.03. The lowest BCUT2D eigenvalue weighted by atomic mass is 10.2. The maximum Gasteiger partial charge on any atom is 0.241 e. The van der Waals surface area contributed by atoms with E-state index in [1.165, 1.54) is 11.8 Å². The zero-order valence-electron chi connectivity index (χ0n) is 11.5. The normalized spacial score (nSPS) is 18.2. The van der Waals surface area contributed by atoms with Gasteiger partial charge in [-0.1, -0.05) is 35.6 Å². The van der Waals surface area contributed by atoms with E-state index in [1.807, 2.05) is 6.92 Å². The van der Waals surface area contributed by atoms with Crippen LogP contribution in [0.4, 0.5) is 5.69 Å². The van der Waals surface area contributed by atoms with Gasteiger partial charge in [0.15, 0.2) is 0 Å². The molecule has 1 aromatic carbocycles. The van der Waals surface area contributed by atoms with Crippen LogP contribution in [0.25, 0.3) is 0 Å². The first-order valence-electron chi connectivity index (χ1n) is 6.55. The average Bonchev–Trinajstić information content (AvgIpc) is 2.68. The summed E-state index contributed by atoms with van der Waals surface area (Å²) in [6, 6.07) is 6.93. The molecule has 1 fully saturated rings. The van der Waals surface area contributed by atoms with Gasteiger partial charge in [0, 0.05) is 23.7 Å². The van der Waals surface area contributed by atoms with Crippen LogP contribution in [0.5, 0.6) is 0 Å². The molecule has 1 N–H and O–H groups in total. The maximum absolute atomic E-state index is 11.8. The fraction of sp³-hybridized carbons (Fsp3) is 0.357. The highest BCUT2D eigenvalue weighted by Gasteiger charge is 2.33. The zero-order valence-corrected chi connectivity index (χ0v) is 13.9. The molecule has 1 unspecified atom stereocenters. The van der Waals surface area contributed by atoms with Gasteiger partial charge in [-0.15, -0.1) is 0 Å². The van der Waals surface area contributed by atoms with Crippen molar-refractivity contribution in [2.75, 3.05) is 11.9 Å². The molecule has 1 aliphatic rings.